The summed E-state index contributed by atoms with van der Waals surface area (Å²) >= 11 is 3.59. The van der Waals surface area contributed by atoms with Crippen molar-refractivity contribution in [1.29, 1.82) is 0 Å². The van der Waals surface area contributed by atoms with Gasteiger partial charge in [0.2, 0.25) is 5.95 Å². The third-order valence-electron chi connectivity index (χ3n) is 5.98. The van der Waals surface area contributed by atoms with Crippen molar-refractivity contribution in [2.45, 2.75) is 26.5 Å². The minimum absolute atomic E-state index is 0.225. The lowest BCUT2D eigenvalue weighted by atomic mass is 9.94. The molecule has 1 amide bonds. The van der Waals surface area contributed by atoms with Crippen molar-refractivity contribution < 1.29 is 9.53 Å². The smallest absolute Gasteiger partial charge is 0.255 e. The van der Waals surface area contributed by atoms with Gasteiger partial charge in [0.25, 0.3) is 5.91 Å². The molecule has 2 heterocycles. The molecular weight excluding hydrogens is 506 g/mol. The molecule has 0 aliphatic carbocycles. The summed E-state index contributed by atoms with van der Waals surface area (Å²) in [4.78, 5) is 17.9. The summed E-state index contributed by atoms with van der Waals surface area (Å²) < 4.78 is 8.92. The van der Waals surface area contributed by atoms with Crippen LogP contribution in [0.3, 0.4) is 0 Å². The second kappa shape index (κ2) is 9.76. The Hall–Kier alpha value is -3.91. The predicted molar refractivity (Wildman–Crippen MR) is 139 cm³/mol. The molecule has 35 heavy (non-hydrogen) atoms. The van der Waals surface area contributed by atoms with Crippen molar-refractivity contribution in [3.63, 3.8) is 0 Å². The minimum Gasteiger partial charge on any atom is -0.489 e. The average molecular weight is 530 g/mol. The van der Waals surface area contributed by atoms with Crippen molar-refractivity contribution in [3.05, 3.63) is 112 Å². The van der Waals surface area contributed by atoms with Crippen molar-refractivity contribution >= 4 is 33.5 Å². The van der Waals surface area contributed by atoms with E-state index in [-0.39, 0.29) is 5.91 Å². The number of aromatic nitrogens is 3. The summed E-state index contributed by atoms with van der Waals surface area (Å²) in [7, 11) is 0. The number of allylic oxidation sites excluding steroid dienone is 1. The van der Waals surface area contributed by atoms with E-state index in [0.29, 0.717) is 35.3 Å². The van der Waals surface area contributed by atoms with Gasteiger partial charge >= 0.3 is 0 Å². The van der Waals surface area contributed by atoms with Gasteiger partial charge < -0.3 is 15.4 Å². The summed E-state index contributed by atoms with van der Waals surface area (Å²) in [6.07, 6.45) is 1.48. The van der Waals surface area contributed by atoms with E-state index in [0.717, 1.165) is 21.2 Å². The zero-order chi connectivity index (χ0) is 24.4. The van der Waals surface area contributed by atoms with Gasteiger partial charge in [0.1, 0.15) is 24.7 Å². The summed E-state index contributed by atoms with van der Waals surface area (Å²) in [6.45, 7) is 4.34. The van der Waals surface area contributed by atoms with Crippen molar-refractivity contribution in [1.82, 2.24) is 14.8 Å². The van der Waals surface area contributed by atoms with Crippen molar-refractivity contribution in [3.8, 4) is 5.75 Å². The molecule has 0 radical (unpaired) electrons. The first kappa shape index (κ1) is 22.9. The number of carbonyl (C=O) groups is 1. The molecule has 0 saturated carbocycles. The second-order valence-electron chi connectivity index (χ2n) is 8.31. The first-order valence-corrected chi connectivity index (χ1v) is 12.0. The molecule has 3 aromatic carbocycles. The number of hydrogen-bond donors (Lipinski definition) is 2. The minimum atomic E-state index is -0.540. The molecule has 0 bridgehead atoms. The third-order valence-corrected chi connectivity index (χ3v) is 6.47. The van der Waals surface area contributed by atoms with Gasteiger partial charge in [-0.05, 0) is 55.3 Å². The van der Waals surface area contributed by atoms with Crippen LogP contribution in [0.1, 0.15) is 29.7 Å². The maximum Gasteiger partial charge on any atom is 0.255 e. The van der Waals surface area contributed by atoms with Gasteiger partial charge in [-0.15, -0.1) is 0 Å². The Morgan fingerprint density at radius 3 is 2.66 bits per heavy atom. The summed E-state index contributed by atoms with van der Waals surface area (Å²) in [5.74, 6) is 1.01. The number of nitrogens with one attached hydrogen (secondary N) is 2. The van der Waals surface area contributed by atoms with Crippen LogP contribution in [0.15, 0.2) is 94.9 Å². The first-order chi connectivity index (χ1) is 17.0. The maximum atomic E-state index is 13.6. The average Bonchev–Trinajstić information content (AvgIpc) is 3.32. The molecule has 8 heteroatoms. The molecule has 0 fully saturated rings. The molecule has 7 nitrogen and oxygen atoms in total. The molecule has 1 unspecified atom stereocenters. The highest BCUT2D eigenvalue weighted by atomic mass is 79.9. The lowest BCUT2D eigenvalue weighted by Gasteiger charge is -2.30. The molecule has 1 aliphatic rings. The normalized spacial score (nSPS) is 14.8. The first-order valence-electron chi connectivity index (χ1n) is 11.2. The van der Waals surface area contributed by atoms with Crippen molar-refractivity contribution in [2.75, 3.05) is 10.6 Å². The van der Waals surface area contributed by atoms with Crippen LogP contribution >= 0.6 is 15.9 Å². The van der Waals surface area contributed by atoms with Crippen LogP contribution in [0.25, 0.3) is 0 Å². The van der Waals surface area contributed by atoms with Gasteiger partial charge in [-0.1, -0.05) is 58.4 Å². The topological polar surface area (TPSA) is 81.1 Å². The van der Waals surface area contributed by atoms with Crippen LogP contribution in [0.2, 0.25) is 0 Å². The Morgan fingerprint density at radius 2 is 1.86 bits per heavy atom. The number of aryl methyl sites for hydroxylation is 1. The predicted octanol–water partition coefficient (Wildman–Crippen LogP) is 5.86. The largest absolute Gasteiger partial charge is 0.489 e. The number of nitrogens with zero attached hydrogens (tertiary/aromatic N) is 3. The number of benzene rings is 3. The molecule has 1 aromatic heterocycles. The van der Waals surface area contributed by atoms with Gasteiger partial charge in [0.05, 0.1) is 5.57 Å². The van der Waals surface area contributed by atoms with Gasteiger partial charge in [0.15, 0.2) is 0 Å². The quantitative estimate of drug-likeness (QED) is 0.327. The highest BCUT2D eigenvalue weighted by Crippen LogP contribution is 2.40. The van der Waals surface area contributed by atoms with E-state index < -0.39 is 6.04 Å². The fourth-order valence-electron chi connectivity index (χ4n) is 4.18. The molecule has 1 aliphatic heterocycles. The molecule has 0 spiro atoms. The molecule has 0 saturated heterocycles. The Balaban J connectivity index is 1.56. The molecule has 2 N–H and O–H groups in total. The molecule has 5 rings (SSSR count). The monoisotopic (exact) mass is 529 g/mol. The highest BCUT2D eigenvalue weighted by molar-refractivity contribution is 9.10. The lowest BCUT2D eigenvalue weighted by Crippen LogP contribution is -2.31. The van der Waals surface area contributed by atoms with Gasteiger partial charge in [-0.25, -0.2) is 4.68 Å². The molecular formula is C27H24BrN5O2. The Bertz CT molecular complexity index is 1410. The van der Waals surface area contributed by atoms with Gasteiger partial charge in [-0.3, -0.25) is 4.79 Å². The molecule has 1 atom stereocenters. The molecule has 176 valence electrons. The Labute approximate surface area is 212 Å². The standard InChI is InChI=1S/C27H24BrN5O2/c1-17-8-6-7-9-19(17)15-35-23-13-12-20(28)14-22(23)25-24(18(2)31-27-29-16-30-33(25)27)26(34)32-21-10-4-3-5-11-21/h3-14,16,25H,15H2,1-2H3,(H,32,34)(H,29,30,31). The van der Waals surface area contributed by atoms with Crippen molar-refractivity contribution in [2.24, 2.45) is 0 Å². The number of anilines is 2. The third kappa shape index (κ3) is 4.70. The zero-order valence-electron chi connectivity index (χ0n) is 19.3. The van der Waals surface area contributed by atoms with Crippen LogP contribution in [0.5, 0.6) is 5.75 Å². The number of fused-ring (bicyclic) bond motifs is 1. The Morgan fingerprint density at radius 1 is 1.09 bits per heavy atom. The van der Waals surface area contributed by atoms with Gasteiger partial charge in [-0.2, -0.15) is 10.1 Å². The number of para-hydroxylation sites is 1. The van der Waals surface area contributed by atoms with E-state index in [1.807, 2.05) is 67.6 Å². The van der Waals surface area contributed by atoms with Crippen LogP contribution in [-0.4, -0.2) is 20.7 Å². The van der Waals surface area contributed by atoms with Crippen LogP contribution in [0.4, 0.5) is 11.6 Å². The number of carbonyl (C=O) groups excluding carboxylic acids is 1. The number of rotatable bonds is 6. The zero-order valence-corrected chi connectivity index (χ0v) is 20.9. The summed E-state index contributed by atoms with van der Waals surface area (Å²) in [6, 6.07) is 22.8. The van der Waals surface area contributed by atoms with E-state index in [4.69, 9.17) is 4.74 Å². The highest BCUT2D eigenvalue weighted by Gasteiger charge is 2.35. The fourth-order valence-corrected chi connectivity index (χ4v) is 4.56. The summed E-state index contributed by atoms with van der Waals surface area (Å²) in [5.41, 5.74) is 5.01. The van der Waals surface area contributed by atoms with E-state index >= 15 is 0 Å². The van der Waals surface area contributed by atoms with Gasteiger partial charge in [0, 0.05) is 21.4 Å². The fraction of sp³-hybridized carbons (Fsp3) is 0.148. The van der Waals surface area contributed by atoms with E-state index in [1.165, 1.54) is 6.33 Å². The van der Waals surface area contributed by atoms with E-state index in [2.05, 4.69) is 55.7 Å². The van der Waals surface area contributed by atoms with Crippen LogP contribution in [0, 0.1) is 6.92 Å². The lowest BCUT2D eigenvalue weighted by molar-refractivity contribution is -0.113. The second-order valence-corrected chi connectivity index (χ2v) is 9.23. The number of amides is 1. The number of hydrogen-bond acceptors (Lipinski definition) is 5. The van der Waals surface area contributed by atoms with E-state index in [1.54, 1.807) is 4.68 Å². The van der Waals surface area contributed by atoms with E-state index in [9.17, 15) is 4.79 Å². The number of ether oxygens (including phenoxy) is 1. The summed E-state index contributed by atoms with van der Waals surface area (Å²) in [5, 5.41) is 10.7. The molecule has 4 aromatic rings. The van der Waals surface area contributed by atoms with Crippen LogP contribution < -0.4 is 15.4 Å². The SMILES string of the molecule is CC1=C(C(=O)Nc2ccccc2)C(c2cc(Br)ccc2OCc2ccccc2C)n2ncnc2N1. The Kier molecular flexibility index (Phi) is 6.37. The maximum absolute atomic E-state index is 13.6. The number of halogens is 1. The van der Waals surface area contributed by atoms with Crippen LogP contribution in [-0.2, 0) is 11.4 Å².